The molecule has 5 heteroatoms. The van der Waals surface area contributed by atoms with Gasteiger partial charge in [-0.25, -0.2) is 4.79 Å². The van der Waals surface area contributed by atoms with E-state index in [4.69, 9.17) is 9.47 Å². The Morgan fingerprint density at radius 2 is 2.00 bits per heavy atom. The molecule has 0 N–H and O–H groups in total. The summed E-state index contributed by atoms with van der Waals surface area (Å²) in [5.74, 6) is -0.381. The summed E-state index contributed by atoms with van der Waals surface area (Å²) in [5, 5.41) is 0. The average Bonchev–Trinajstić information content (AvgIpc) is 2.38. The largest absolute Gasteiger partial charge is 0.462 e. The minimum Gasteiger partial charge on any atom is -0.462 e. The number of carbonyl (C=O) groups is 1. The van der Waals surface area contributed by atoms with Crippen LogP contribution < -0.4 is 5.56 Å². The van der Waals surface area contributed by atoms with E-state index in [2.05, 4.69) is 6.92 Å². The fourth-order valence-corrected chi connectivity index (χ4v) is 2.68. The summed E-state index contributed by atoms with van der Waals surface area (Å²) in [6.45, 7) is 8.13. The van der Waals surface area contributed by atoms with E-state index in [9.17, 15) is 9.59 Å². The zero-order valence-electron chi connectivity index (χ0n) is 13.6. The minimum absolute atomic E-state index is 0.0683. The van der Waals surface area contributed by atoms with Gasteiger partial charge in [0.05, 0.1) is 24.8 Å². The zero-order chi connectivity index (χ0) is 16.0. The molecule has 0 amide bonds. The topological polar surface area (TPSA) is 57.5 Å². The first-order valence-corrected chi connectivity index (χ1v) is 7.36. The molecule has 0 saturated heterocycles. The Morgan fingerprint density at radius 3 is 2.52 bits per heavy atom. The van der Waals surface area contributed by atoms with Crippen molar-refractivity contribution in [3.8, 4) is 0 Å². The monoisotopic (exact) mass is 295 g/mol. The lowest BCUT2D eigenvalue weighted by Gasteiger charge is -2.23. The maximum Gasteiger partial charge on any atom is 0.340 e. The van der Waals surface area contributed by atoms with Crippen LogP contribution in [0.3, 0.4) is 0 Å². The molecule has 0 aliphatic rings. The van der Waals surface area contributed by atoms with Crippen molar-refractivity contribution < 1.29 is 14.3 Å². The van der Waals surface area contributed by atoms with Crippen molar-refractivity contribution in [3.63, 3.8) is 0 Å². The predicted octanol–water partition coefficient (Wildman–Crippen LogP) is 2.63. The van der Waals surface area contributed by atoms with Crippen molar-refractivity contribution in [1.82, 2.24) is 4.57 Å². The normalized spacial score (nSPS) is 12.2. The van der Waals surface area contributed by atoms with Gasteiger partial charge in [-0.2, -0.15) is 0 Å². The first kappa shape index (κ1) is 17.4. The van der Waals surface area contributed by atoms with Crippen molar-refractivity contribution in [1.29, 1.82) is 0 Å². The molecular weight excluding hydrogens is 270 g/mol. The number of pyridine rings is 1. The van der Waals surface area contributed by atoms with Gasteiger partial charge in [-0.3, -0.25) is 4.79 Å². The van der Waals surface area contributed by atoms with E-state index in [0.29, 0.717) is 30.0 Å². The van der Waals surface area contributed by atoms with Crippen LogP contribution in [0.5, 0.6) is 0 Å². The van der Waals surface area contributed by atoms with E-state index in [-0.39, 0.29) is 17.6 Å². The third-order valence-corrected chi connectivity index (χ3v) is 3.52. The van der Waals surface area contributed by atoms with Crippen LogP contribution in [0.15, 0.2) is 10.9 Å². The number of hydrogen-bond donors (Lipinski definition) is 0. The fourth-order valence-electron chi connectivity index (χ4n) is 2.68. The molecule has 118 valence electrons. The number of aryl methyl sites for hydroxylation is 1. The highest BCUT2D eigenvalue weighted by Crippen LogP contribution is 2.20. The molecule has 1 atom stereocenters. The van der Waals surface area contributed by atoms with Gasteiger partial charge >= 0.3 is 5.97 Å². The van der Waals surface area contributed by atoms with Gasteiger partial charge in [0.15, 0.2) is 0 Å². The highest BCUT2D eigenvalue weighted by molar-refractivity contribution is 5.92. The zero-order valence-corrected chi connectivity index (χ0v) is 13.6. The average molecular weight is 295 g/mol. The fraction of sp³-hybridized carbons (Fsp3) is 0.625. The molecular formula is C16H25NO4. The highest BCUT2D eigenvalue weighted by atomic mass is 16.5. The van der Waals surface area contributed by atoms with Crippen LogP contribution in [0.4, 0.5) is 0 Å². The summed E-state index contributed by atoms with van der Waals surface area (Å²) < 4.78 is 12.0. The van der Waals surface area contributed by atoms with E-state index < -0.39 is 0 Å². The molecule has 1 rings (SSSR count). The van der Waals surface area contributed by atoms with E-state index >= 15 is 0 Å². The Hall–Kier alpha value is -1.62. The predicted molar refractivity (Wildman–Crippen MR) is 82.0 cm³/mol. The minimum atomic E-state index is -0.381. The van der Waals surface area contributed by atoms with Gasteiger partial charge in [-0.05, 0) is 32.8 Å². The van der Waals surface area contributed by atoms with Crippen molar-refractivity contribution in [3.05, 3.63) is 33.2 Å². The molecule has 5 nitrogen and oxygen atoms in total. The summed E-state index contributed by atoms with van der Waals surface area (Å²) in [5.41, 5.74) is 1.68. The van der Waals surface area contributed by atoms with E-state index in [1.54, 1.807) is 32.4 Å². The molecule has 1 aromatic rings. The molecule has 0 spiro atoms. The number of aromatic nitrogens is 1. The molecule has 0 aliphatic heterocycles. The summed E-state index contributed by atoms with van der Waals surface area (Å²) in [7, 11) is 1.61. The Bertz CT molecular complexity index is 542. The molecule has 0 radical (unpaired) electrons. The summed E-state index contributed by atoms with van der Waals surface area (Å²) >= 11 is 0. The summed E-state index contributed by atoms with van der Waals surface area (Å²) in [4.78, 5) is 24.5. The molecule has 1 aromatic heterocycles. The molecule has 1 unspecified atom stereocenters. The van der Waals surface area contributed by atoms with Crippen LogP contribution in [0.25, 0.3) is 0 Å². The second kappa shape index (κ2) is 7.98. The molecule has 0 saturated carbocycles. The lowest BCUT2D eigenvalue weighted by Crippen LogP contribution is -2.31. The lowest BCUT2D eigenvalue weighted by molar-refractivity contribution is 0.0522. The Balaban J connectivity index is 3.41. The molecule has 0 aliphatic carbocycles. The number of nitrogens with zero attached hydrogens (tertiary/aromatic N) is 1. The van der Waals surface area contributed by atoms with Gasteiger partial charge in [0, 0.05) is 18.9 Å². The van der Waals surface area contributed by atoms with E-state index in [1.807, 2.05) is 0 Å². The summed E-state index contributed by atoms with van der Waals surface area (Å²) in [6, 6.07) is 1.43. The second-order valence-electron chi connectivity index (χ2n) is 5.11. The second-order valence-corrected chi connectivity index (χ2v) is 5.11. The van der Waals surface area contributed by atoms with Crippen LogP contribution in [0, 0.1) is 13.8 Å². The maximum atomic E-state index is 12.3. The molecule has 0 fully saturated rings. The van der Waals surface area contributed by atoms with Crippen LogP contribution in [0.2, 0.25) is 0 Å². The van der Waals surface area contributed by atoms with Crippen molar-refractivity contribution in [2.24, 2.45) is 0 Å². The number of hydrogen-bond acceptors (Lipinski definition) is 4. The van der Waals surface area contributed by atoms with Gasteiger partial charge < -0.3 is 14.0 Å². The Morgan fingerprint density at radius 1 is 1.33 bits per heavy atom. The molecule has 1 heterocycles. The third kappa shape index (κ3) is 3.94. The number of esters is 1. The van der Waals surface area contributed by atoms with Gasteiger partial charge in [0.2, 0.25) is 0 Å². The Kier molecular flexibility index (Phi) is 6.62. The standard InChI is InChI=1S/C16H25NO4/c1-6-8-13(10-20-5)17-12(4)15(16(19)21-7-2)11(3)9-14(17)18/h9,13H,6-8,10H2,1-5H3. The van der Waals surface area contributed by atoms with Gasteiger partial charge in [0.1, 0.15) is 0 Å². The summed E-state index contributed by atoms with van der Waals surface area (Å²) in [6.07, 6.45) is 1.75. The smallest absolute Gasteiger partial charge is 0.340 e. The van der Waals surface area contributed by atoms with E-state index in [0.717, 1.165) is 12.8 Å². The van der Waals surface area contributed by atoms with Crippen molar-refractivity contribution >= 4 is 5.97 Å². The van der Waals surface area contributed by atoms with Crippen LogP contribution >= 0.6 is 0 Å². The van der Waals surface area contributed by atoms with Crippen LogP contribution in [0.1, 0.15) is 54.3 Å². The van der Waals surface area contributed by atoms with Crippen LogP contribution in [-0.2, 0) is 9.47 Å². The van der Waals surface area contributed by atoms with Crippen molar-refractivity contribution in [2.45, 2.75) is 46.6 Å². The highest BCUT2D eigenvalue weighted by Gasteiger charge is 2.21. The number of methoxy groups -OCH3 is 1. The number of ether oxygens (including phenoxy) is 2. The molecule has 0 bridgehead atoms. The molecule has 0 aromatic carbocycles. The van der Waals surface area contributed by atoms with Gasteiger partial charge in [-0.1, -0.05) is 13.3 Å². The molecule has 21 heavy (non-hydrogen) atoms. The number of carbonyl (C=O) groups excluding carboxylic acids is 1. The van der Waals surface area contributed by atoms with Gasteiger partial charge in [0.25, 0.3) is 5.56 Å². The quantitative estimate of drug-likeness (QED) is 0.726. The van der Waals surface area contributed by atoms with Gasteiger partial charge in [-0.15, -0.1) is 0 Å². The lowest BCUT2D eigenvalue weighted by atomic mass is 10.1. The maximum absolute atomic E-state index is 12.3. The van der Waals surface area contributed by atoms with E-state index in [1.165, 1.54) is 6.07 Å². The first-order valence-electron chi connectivity index (χ1n) is 7.36. The SMILES string of the molecule is CCCC(COC)n1c(C)c(C(=O)OCC)c(C)cc1=O. The van der Waals surface area contributed by atoms with Crippen LogP contribution in [-0.4, -0.2) is 30.9 Å². The third-order valence-electron chi connectivity index (χ3n) is 3.52. The first-order chi connectivity index (χ1) is 9.97. The number of rotatable bonds is 7. The Labute approximate surface area is 125 Å². The van der Waals surface area contributed by atoms with Crippen molar-refractivity contribution in [2.75, 3.05) is 20.3 Å².